The molecule has 0 saturated heterocycles. The van der Waals surface area contributed by atoms with Crippen molar-refractivity contribution >= 4 is 28.6 Å². The lowest BCUT2D eigenvalue weighted by Crippen LogP contribution is -2.25. The predicted molar refractivity (Wildman–Crippen MR) is 120 cm³/mol. The number of ketones is 1. The number of carbonyl (C=O) groups is 1. The molecule has 0 spiro atoms. The monoisotopic (exact) mass is 413 g/mol. The molecular formula is C24H23N5O2. The molecule has 0 amide bonds. The van der Waals surface area contributed by atoms with Crippen LogP contribution in [0.25, 0.3) is 11.2 Å². The molecule has 31 heavy (non-hydrogen) atoms. The summed E-state index contributed by atoms with van der Waals surface area (Å²) in [5, 5.41) is 3.19. The number of aryl methyl sites for hydroxylation is 1. The van der Waals surface area contributed by atoms with E-state index in [0.717, 1.165) is 36.9 Å². The van der Waals surface area contributed by atoms with Gasteiger partial charge in [0.25, 0.3) is 0 Å². The molecule has 2 aromatic heterocycles. The molecule has 1 aliphatic carbocycles. The minimum Gasteiger partial charge on any atom is -0.324 e. The van der Waals surface area contributed by atoms with Crippen LogP contribution in [0.15, 0.2) is 65.6 Å². The maximum Gasteiger partial charge on any atom is 0.330 e. The van der Waals surface area contributed by atoms with Crippen molar-refractivity contribution in [2.24, 2.45) is 7.05 Å². The molecule has 1 aliphatic rings. The fourth-order valence-electron chi connectivity index (χ4n) is 4.28. The number of hydrogen-bond donors (Lipinski definition) is 1. The van der Waals surface area contributed by atoms with Crippen molar-refractivity contribution in [3.63, 3.8) is 0 Å². The molecule has 1 N–H and O–H groups in total. The summed E-state index contributed by atoms with van der Waals surface area (Å²) >= 11 is 0. The Balaban J connectivity index is 1.42. The van der Waals surface area contributed by atoms with Crippen LogP contribution in [0.2, 0.25) is 0 Å². The number of rotatable bonds is 5. The molecule has 7 heteroatoms. The zero-order valence-electron chi connectivity index (χ0n) is 17.3. The summed E-state index contributed by atoms with van der Waals surface area (Å²) in [4.78, 5) is 34.4. The molecular weight excluding hydrogens is 390 g/mol. The highest BCUT2D eigenvalue weighted by molar-refractivity contribution is 6.09. The van der Waals surface area contributed by atoms with Crippen molar-refractivity contribution in [3.05, 3.63) is 82.4 Å². The number of imidazole rings is 1. The van der Waals surface area contributed by atoms with Crippen LogP contribution in [0.3, 0.4) is 0 Å². The zero-order chi connectivity index (χ0) is 21.4. The van der Waals surface area contributed by atoms with E-state index >= 15 is 0 Å². The molecule has 0 radical (unpaired) electrons. The Morgan fingerprint density at radius 1 is 1.00 bits per heavy atom. The summed E-state index contributed by atoms with van der Waals surface area (Å²) in [7, 11) is 1.76. The highest BCUT2D eigenvalue weighted by Crippen LogP contribution is 2.30. The van der Waals surface area contributed by atoms with Gasteiger partial charge in [0.1, 0.15) is 5.52 Å². The standard InChI is InChI=1S/C24H23N5O2/c1-28-20-15-25-23(27-22(20)29(24(28)31)19-9-5-6-10-19)26-18-13-11-17(12-14-18)21(30)16-7-3-2-4-8-16/h2-4,7-8,11-15,19H,5-6,9-10H2,1H3,(H,25,26,27). The Kier molecular flexibility index (Phi) is 4.86. The van der Waals surface area contributed by atoms with Gasteiger partial charge in [-0.1, -0.05) is 43.2 Å². The quantitative estimate of drug-likeness (QED) is 0.496. The molecule has 1 saturated carbocycles. The van der Waals surface area contributed by atoms with E-state index in [2.05, 4.69) is 15.3 Å². The molecule has 0 bridgehead atoms. The summed E-state index contributed by atoms with van der Waals surface area (Å²) < 4.78 is 3.43. The van der Waals surface area contributed by atoms with E-state index in [1.807, 2.05) is 34.9 Å². The van der Waals surface area contributed by atoms with Crippen LogP contribution in [-0.2, 0) is 7.05 Å². The van der Waals surface area contributed by atoms with Gasteiger partial charge in [0.2, 0.25) is 5.95 Å². The number of nitrogens with one attached hydrogen (secondary N) is 1. The number of anilines is 2. The summed E-state index contributed by atoms with van der Waals surface area (Å²) in [6, 6.07) is 16.6. The Labute approximate surface area is 179 Å². The average Bonchev–Trinajstić information content (AvgIpc) is 3.41. The van der Waals surface area contributed by atoms with Crippen LogP contribution in [0.4, 0.5) is 11.6 Å². The van der Waals surface area contributed by atoms with Gasteiger partial charge in [0, 0.05) is 29.9 Å². The van der Waals surface area contributed by atoms with E-state index in [9.17, 15) is 9.59 Å². The van der Waals surface area contributed by atoms with Crippen molar-refractivity contribution in [1.29, 1.82) is 0 Å². The first-order chi connectivity index (χ1) is 15.1. The Bertz CT molecular complexity index is 1300. The average molecular weight is 413 g/mol. The van der Waals surface area contributed by atoms with Gasteiger partial charge in [-0.05, 0) is 37.1 Å². The lowest BCUT2D eigenvalue weighted by molar-refractivity contribution is 0.103. The molecule has 2 heterocycles. The van der Waals surface area contributed by atoms with Crippen LogP contribution in [-0.4, -0.2) is 24.9 Å². The predicted octanol–water partition coefficient (Wildman–Crippen LogP) is 4.22. The Hall–Kier alpha value is -3.74. The van der Waals surface area contributed by atoms with E-state index in [1.165, 1.54) is 0 Å². The van der Waals surface area contributed by atoms with Gasteiger partial charge < -0.3 is 5.32 Å². The topological polar surface area (TPSA) is 81.8 Å². The van der Waals surface area contributed by atoms with Gasteiger partial charge in [0.05, 0.1) is 6.20 Å². The molecule has 0 unspecified atom stereocenters. The van der Waals surface area contributed by atoms with Crippen LogP contribution in [0.5, 0.6) is 0 Å². The smallest absolute Gasteiger partial charge is 0.324 e. The van der Waals surface area contributed by atoms with Crippen LogP contribution in [0, 0.1) is 0 Å². The molecule has 1 fully saturated rings. The lowest BCUT2D eigenvalue weighted by atomic mass is 10.0. The van der Waals surface area contributed by atoms with Crippen molar-refractivity contribution < 1.29 is 4.79 Å². The zero-order valence-corrected chi connectivity index (χ0v) is 17.3. The number of nitrogens with zero attached hydrogens (tertiary/aromatic N) is 4. The third-order valence-corrected chi connectivity index (χ3v) is 5.96. The maximum atomic E-state index is 12.8. The molecule has 7 nitrogen and oxygen atoms in total. The lowest BCUT2D eigenvalue weighted by Gasteiger charge is -2.11. The first kappa shape index (κ1) is 19.2. The SMILES string of the molecule is Cn1c(=O)n(C2CCCC2)c2nc(Nc3ccc(C(=O)c4ccccc4)cc3)ncc21. The van der Waals surface area contributed by atoms with Crippen LogP contribution >= 0.6 is 0 Å². The van der Waals surface area contributed by atoms with E-state index in [0.29, 0.717) is 22.7 Å². The van der Waals surface area contributed by atoms with Gasteiger partial charge in [0.15, 0.2) is 11.4 Å². The van der Waals surface area contributed by atoms with Gasteiger partial charge in [-0.2, -0.15) is 4.98 Å². The van der Waals surface area contributed by atoms with Crippen molar-refractivity contribution in [2.75, 3.05) is 5.32 Å². The van der Waals surface area contributed by atoms with Crippen LogP contribution < -0.4 is 11.0 Å². The third kappa shape index (κ3) is 3.52. The maximum absolute atomic E-state index is 12.8. The number of fused-ring (bicyclic) bond motifs is 1. The summed E-state index contributed by atoms with van der Waals surface area (Å²) in [6.45, 7) is 0. The van der Waals surface area contributed by atoms with Crippen molar-refractivity contribution in [3.8, 4) is 0 Å². The normalized spacial score (nSPS) is 14.2. The molecule has 5 rings (SSSR count). The highest BCUT2D eigenvalue weighted by Gasteiger charge is 2.24. The molecule has 4 aromatic rings. The van der Waals surface area contributed by atoms with E-state index in [1.54, 1.807) is 42.1 Å². The summed E-state index contributed by atoms with van der Waals surface area (Å²) in [6.07, 6.45) is 5.96. The first-order valence-electron chi connectivity index (χ1n) is 10.5. The molecule has 2 aromatic carbocycles. The molecule has 0 atom stereocenters. The van der Waals surface area contributed by atoms with E-state index in [-0.39, 0.29) is 17.5 Å². The minimum atomic E-state index is -0.0443. The summed E-state index contributed by atoms with van der Waals surface area (Å²) in [5.41, 5.74) is 3.39. The highest BCUT2D eigenvalue weighted by atomic mass is 16.2. The third-order valence-electron chi connectivity index (χ3n) is 5.96. The second-order valence-corrected chi connectivity index (χ2v) is 7.95. The number of aromatic nitrogens is 4. The molecule has 0 aliphatic heterocycles. The number of hydrogen-bond acceptors (Lipinski definition) is 5. The van der Waals surface area contributed by atoms with Gasteiger partial charge in [-0.3, -0.25) is 13.9 Å². The second kappa shape index (κ2) is 7.83. The van der Waals surface area contributed by atoms with Gasteiger partial charge in [-0.15, -0.1) is 0 Å². The van der Waals surface area contributed by atoms with E-state index < -0.39 is 0 Å². The van der Waals surface area contributed by atoms with Gasteiger partial charge in [-0.25, -0.2) is 9.78 Å². The second-order valence-electron chi connectivity index (χ2n) is 7.95. The first-order valence-corrected chi connectivity index (χ1v) is 10.5. The fourth-order valence-corrected chi connectivity index (χ4v) is 4.28. The summed E-state index contributed by atoms with van der Waals surface area (Å²) in [5.74, 6) is 0.404. The van der Waals surface area contributed by atoms with Gasteiger partial charge >= 0.3 is 5.69 Å². The number of benzene rings is 2. The van der Waals surface area contributed by atoms with Crippen molar-refractivity contribution in [2.45, 2.75) is 31.7 Å². The fraction of sp³-hybridized carbons (Fsp3) is 0.250. The Morgan fingerprint density at radius 3 is 2.39 bits per heavy atom. The molecule has 156 valence electrons. The minimum absolute atomic E-state index is 0.0188. The largest absolute Gasteiger partial charge is 0.330 e. The van der Waals surface area contributed by atoms with Crippen LogP contribution in [0.1, 0.15) is 47.6 Å². The van der Waals surface area contributed by atoms with Crippen molar-refractivity contribution in [1.82, 2.24) is 19.1 Å². The van der Waals surface area contributed by atoms with E-state index in [4.69, 9.17) is 0 Å². The number of carbonyl (C=O) groups excluding carboxylic acids is 1. The Morgan fingerprint density at radius 2 is 1.68 bits per heavy atom.